The van der Waals surface area contributed by atoms with E-state index in [9.17, 15) is 0 Å². The first-order valence-electron chi connectivity index (χ1n) is 1.50. The minimum absolute atomic E-state index is 0. The minimum Gasteiger partial charge on any atom is -0.784 e. The Morgan fingerprint density at radius 1 is 0.500 bits per heavy atom. The second-order valence-electron chi connectivity index (χ2n) is 0.612. The molecule has 9 nitrogen and oxygen atoms in total. The van der Waals surface area contributed by atoms with E-state index in [0.717, 1.165) is 0 Å². The van der Waals surface area contributed by atoms with Gasteiger partial charge in [0, 0.05) is 0 Å². The first kappa shape index (κ1) is 42.7. The van der Waals surface area contributed by atoms with E-state index in [4.69, 9.17) is 39.9 Å². The molecule has 0 aliphatic heterocycles. The van der Waals surface area contributed by atoms with Crippen molar-refractivity contribution >= 4 is 34.1 Å². The molecule has 0 radical (unpaired) electrons. The van der Waals surface area contributed by atoms with Gasteiger partial charge in [0.15, 0.2) is 0 Å². The van der Waals surface area contributed by atoms with Crippen LogP contribution >= 0.6 is 0 Å². The van der Waals surface area contributed by atoms with Crippen LogP contribution in [0.2, 0.25) is 0 Å². The van der Waals surface area contributed by atoms with Crippen LogP contribution in [-0.4, -0.2) is 39.9 Å². The monoisotopic (exact) mass is 506 g/mol. The van der Waals surface area contributed by atoms with Crippen LogP contribution in [0.4, 0.5) is 0 Å². The Balaban J connectivity index is -0.0000000135. The standard InChI is InChI=1S/Au.3Na.3H2O3S/c;;;;3*1-4(2)3/h;;;;3*(H2,1,2,3)/q+3;3*+1;;;/p-6. The predicted octanol–water partition coefficient (Wildman–Crippen LogP) is -12.0. The van der Waals surface area contributed by atoms with Gasteiger partial charge in [-0.15, -0.1) is 34.1 Å². The van der Waals surface area contributed by atoms with Gasteiger partial charge in [0.25, 0.3) is 0 Å². The van der Waals surface area contributed by atoms with Crippen molar-refractivity contribution in [1.29, 1.82) is 0 Å². The van der Waals surface area contributed by atoms with Crippen LogP contribution < -0.4 is 88.7 Å². The minimum atomic E-state index is -3.11. The van der Waals surface area contributed by atoms with Gasteiger partial charge in [0.1, 0.15) is 0 Å². The molecule has 0 aromatic heterocycles. The summed E-state index contributed by atoms with van der Waals surface area (Å²) < 4.78 is 76.0. The van der Waals surface area contributed by atoms with E-state index in [1.807, 2.05) is 0 Å². The van der Waals surface area contributed by atoms with Crippen LogP contribution in [0.5, 0.6) is 0 Å². The van der Waals surface area contributed by atoms with E-state index in [1.165, 1.54) is 0 Å². The van der Waals surface area contributed by atoms with Crippen molar-refractivity contribution in [2.45, 2.75) is 0 Å². The molecule has 0 rings (SSSR count). The molecular weight excluding hydrogens is 506 g/mol. The van der Waals surface area contributed by atoms with E-state index >= 15 is 0 Å². The molecule has 16 heavy (non-hydrogen) atoms. The molecule has 0 spiro atoms. The van der Waals surface area contributed by atoms with Gasteiger partial charge in [-0.05, 0) is 0 Å². The third-order valence-electron chi connectivity index (χ3n) is 0. The Bertz CT molecular complexity index is 124. The quantitative estimate of drug-likeness (QED) is 0.227. The third kappa shape index (κ3) is 331. The molecule has 0 aromatic rings. The Morgan fingerprint density at radius 2 is 0.500 bits per heavy atom. The molecule has 0 fully saturated rings. The molecule has 86 valence electrons. The first-order chi connectivity index (χ1) is 5.20. The first-order valence-corrected chi connectivity index (χ1v) is 4.50. The maximum absolute atomic E-state index is 8.44. The topological polar surface area (TPSA) is 190 Å². The molecule has 0 bridgehead atoms. The van der Waals surface area contributed by atoms with Crippen LogP contribution in [0.25, 0.3) is 0 Å². The SMILES string of the molecule is O=S([O-])[O-].O=S([O-])[O-].O=S([O-])[O-].[Au+3].[Na+].[Na+].[Na+]. The molecule has 0 saturated heterocycles. The predicted molar refractivity (Wildman–Crippen MR) is 29.1 cm³/mol. The van der Waals surface area contributed by atoms with Crippen molar-refractivity contribution in [2.24, 2.45) is 0 Å². The van der Waals surface area contributed by atoms with Gasteiger partial charge in [-0.25, -0.2) is 0 Å². The molecule has 0 aliphatic carbocycles. The van der Waals surface area contributed by atoms with Crippen molar-refractivity contribution in [3.8, 4) is 0 Å². The Hall–Kier alpha value is 3.95. The van der Waals surface area contributed by atoms with E-state index < -0.39 is 34.1 Å². The summed E-state index contributed by atoms with van der Waals surface area (Å²) in [5.41, 5.74) is 0. The van der Waals surface area contributed by atoms with Gasteiger partial charge in [-0.1, -0.05) is 0 Å². The fraction of sp³-hybridized carbons (Fsp3) is 0. The van der Waals surface area contributed by atoms with Gasteiger partial charge in [0.05, 0.1) is 0 Å². The number of hydrogen-bond donors (Lipinski definition) is 0. The van der Waals surface area contributed by atoms with E-state index in [0.29, 0.717) is 0 Å². The Kier molecular flexibility index (Phi) is 97.2. The fourth-order valence-corrected chi connectivity index (χ4v) is 0. The molecule has 16 heteroatoms. The summed E-state index contributed by atoms with van der Waals surface area (Å²) in [6, 6.07) is 0. The molecule has 0 aliphatic rings. The molecule has 0 aromatic carbocycles. The summed E-state index contributed by atoms with van der Waals surface area (Å²) in [4.78, 5) is 0. The van der Waals surface area contributed by atoms with Gasteiger partial charge >= 0.3 is 111 Å². The molecule has 0 unspecified atom stereocenters. The van der Waals surface area contributed by atoms with E-state index in [2.05, 4.69) is 0 Å². The second-order valence-corrected chi connectivity index (χ2v) is 1.84. The summed E-state index contributed by atoms with van der Waals surface area (Å²) in [6.07, 6.45) is 0. The molecule has 0 heterocycles. The van der Waals surface area contributed by atoms with Crippen LogP contribution in [0.3, 0.4) is 0 Å². The van der Waals surface area contributed by atoms with Crippen LogP contribution in [0.1, 0.15) is 0 Å². The zero-order chi connectivity index (χ0) is 10.7. The van der Waals surface area contributed by atoms with Gasteiger partial charge in [0.2, 0.25) is 0 Å². The fourth-order valence-electron chi connectivity index (χ4n) is 0. The number of rotatable bonds is 0. The average Bonchev–Trinajstić information content (AvgIpc) is 1.54. The smallest absolute Gasteiger partial charge is 0.784 e. The third-order valence-corrected chi connectivity index (χ3v) is 0. The Morgan fingerprint density at radius 3 is 0.500 bits per heavy atom. The zero-order valence-corrected chi connectivity index (χ0v) is 18.8. The summed E-state index contributed by atoms with van der Waals surface area (Å²) in [7, 11) is 0. The van der Waals surface area contributed by atoms with Gasteiger partial charge in [-0.2, -0.15) is 0 Å². The van der Waals surface area contributed by atoms with Gasteiger partial charge in [-0.3, -0.25) is 12.6 Å². The Labute approximate surface area is 181 Å². The molecule has 0 atom stereocenters. The van der Waals surface area contributed by atoms with Crippen molar-refractivity contribution < 1.29 is 151 Å². The van der Waals surface area contributed by atoms with E-state index in [1.54, 1.807) is 0 Å². The molecule has 0 saturated carbocycles. The number of hydrogen-bond acceptors (Lipinski definition) is 9. The van der Waals surface area contributed by atoms with Crippen molar-refractivity contribution in [2.75, 3.05) is 0 Å². The van der Waals surface area contributed by atoms with Crippen molar-refractivity contribution in [3.05, 3.63) is 0 Å². The van der Waals surface area contributed by atoms with Crippen LogP contribution in [0, 0.1) is 0 Å². The van der Waals surface area contributed by atoms with E-state index in [-0.39, 0.29) is 111 Å². The molecule has 0 N–H and O–H groups in total. The zero-order valence-electron chi connectivity index (χ0n) is 8.20. The normalized spacial score (nSPS) is 6.56. The molecular formula is AuNa3O9S3. The summed E-state index contributed by atoms with van der Waals surface area (Å²) in [6.45, 7) is 0. The average molecular weight is 506 g/mol. The summed E-state index contributed by atoms with van der Waals surface area (Å²) >= 11 is -9.33. The van der Waals surface area contributed by atoms with Crippen LogP contribution in [0.15, 0.2) is 0 Å². The summed E-state index contributed by atoms with van der Waals surface area (Å²) in [5, 5.41) is 0. The van der Waals surface area contributed by atoms with Gasteiger partial charge < -0.3 is 27.3 Å². The summed E-state index contributed by atoms with van der Waals surface area (Å²) in [5.74, 6) is 0. The maximum Gasteiger partial charge on any atom is 3.00 e. The second kappa shape index (κ2) is 36.4. The van der Waals surface area contributed by atoms with Crippen molar-refractivity contribution in [3.63, 3.8) is 0 Å². The maximum atomic E-state index is 8.44. The largest absolute Gasteiger partial charge is 3.00 e. The van der Waals surface area contributed by atoms with Crippen molar-refractivity contribution in [1.82, 2.24) is 0 Å². The molecule has 0 amide bonds. The van der Waals surface area contributed by atoms with Crippen LogP contribution in [-0.2, 0) is 56.5 Å².